The maximum atomic E-state index is 11.6. The summed E-state index contributed by atoms with van der Waals surface area (Å²) >= 11 is 0. The lowest BCUT2D eigenvalue weighted by molar-refractivity contribution is 0.514. The first kappa shape index (κ1) is 18.0. The molecule has 0 saturated heterocycles. The van der Waals surface area contributed by atoms with E-state index >= 15 is 0 Å². The fourth-order valence-corrected chi connectivity index (χ4v) is 3.79. The molecule has 4 aromatic rings. The van der Waals surface area contributed by atoms with Crippen LogP contribution in [0.3, 0.4) is 0 Å². The van der Waals surface area contributed by atoms with Gasteiger partial charge in [0, 0.05) is 17.4 Å². The van der Waals surface area contributed by atoms with Crippen LogP contribution in [0.4, 0.5) is 0 Å². The third-order valence-corrected chi connectivity index (χ3v) is 5.72. The largest absolute Gasteiger partial charge is 0.508 e. The molecule has 0 radical (unpaired) electrons. The highest BCUT2D eigenvalue weighted by Gasteiger charge is 2.11. The van der Waals surface area contributed by atoms with Crippen LogP contribution in [0.1, 0.15) is 5.56 Å². The number of aromatic nitrogens is 2. The minimum absolute atomic E-state index is 0.0203. The summed E-state index contributed by atoms with van der Waals surface area (Å²) in [6, 6.07) is 20.0. The molecule has 4 rings (SSSR count). The Balaban J connectivity index is 1.76. The van der Waals surface area contributed by atoms with Gasteiger partial charge in [0.05, 0.1) is 15.9 Å². The van der Waals surface area contributed by atoms with Crippen molar-refractivity contribution in [1.29, 1.82) is 0 Å². The Morgan fingerprint density at radius 3 is 2.36 bits per heavy atom. The molecule has 0 aliphatic carbocycles. The second-order valence-electron chi connectivity index (χ2n) is 6.61. The van der Waals surface area contributed by atoms with E-state index in [2.05, 4.69) is 16.5 Å². The summed E-state index contributed by atoms with van der Waals surface area (Å²) in [6.07, 6.45) is 1.18. The molecule has 2 N–H and O–H groups in total. The van der Waals surface area contributed by atoms with Gasteiger partial charge in [0.1, 0.15) is 11.6 Å². The van der Waals surface area contributed by atoms with Crippen molar-refractivity contribution in [1.82, 2.24) is 9.97 Å². The van der Waals surface area contributed by atoms with Gasteiger partial charge in [-0.3, -0.25) is 0 Å². The van der Waals surface area contributed by atoms with Crippen molar-refractivity contribution in [2.24, 2.45) is 0 Å². The summed E-state index contributed by atoms with van der Waals surface area (Å²) < 4.78 is 23.2. The molecule has 0 spiro atoms. The number of H-pyrrole nitrogens is 1. The van der Waals surface area contributed by atoms with E-state index in [9.17, 15) is 13.5 Å². The van der Waals surface area contributed by atoms with Gasteiger partial charge in [0.2, 0.25) is 0 Å². The van der Waals surface area contributed by atoms with E-state index in [1.807, 2.05) is 42.5 Å². The van der Waals surface area contributed by atoms with Gasteiger partial charge < -0.3 is 10.1 Å². The van der Waals surface area contributed by atoms with E-state index in [1.165, 1.54) is 6.26 Å². The molecule has 140 valence electrons. The lowest BCUT2D eigenvalue weighted by Gasteiger charge is -2.08. The van der Waals surface area contributed by atoms with Crippen molar-refractivity contribution in [3.05, 3.63) is 78.9 Å². The first-order chi connectivity index (χ1) is 13.3. The van der Waals surface area contributed by atoms with Gasteiger partial charge in [0.25, 0.3) is 0 Å². The predicted octanol–water partition coefficient (Wildman–Crippen LogP) is 4.83. The Morgan fingerprint density at radius 1 is 1.00 bits per heavy atom. The molecule has 28 heavy (non-hydrogen) atoms. The molecule has 0 atom stereocenters. The van der Waals surface area contributed by atoms with Gasteiger partial charge in [-0.05, 0) is 47.5 Å². The first-order valence-electron chi connectivity index (χ1n) is 8.61. The zero-order chi connectivity index (χ0) is 19.9. The van der Waals surface area contributed by atoms with Crippen molar-refractivity contribution in [3.63, 3.8) is 0 Å². The lowest BCUT2D eigenvalue weighted by Crippen LogP contribution is -1.96. The Kier molecular flexibility index (Phi) is 4.28. The van der Waals surface area contributed by atoms with E-state index in [1.54, 1.807) is 24.3 Å². The minimum Gasteiger partial charge on any atom is -0.508 e. The van der Waals surface area contributed by atoms with Gasteiger partial charge in [-0.25, -0.2) is 13.4 Å². The number of nitrogens with zero attached hydrogens (tertiary/aromatic N) is 1. The van der Waals surface area contributed by atoms with Gasteiger partial charge in [-0.15, -0.1) is 0 Å². The van der Waals surface area contributed by atoms with Crippen LogP contribution in [-0.4, -0.2) is 29.7 Å². The Morgan fingerprint density at radius 2 is 1.68 bits per heavy atom. The zero-order valence-corrected chi connectivity index (χ0v) is 16.0. The van der Waals surface area contributed by atoms with E-state index in [-0.39, 0.29) is 10.7 Å². The molecule has 1 aromatic heterocycles. The van der Waals surface area contributed by atoms with E-state index < -0.39 is 9.84 Å². The average Bonchev–Trinajstić information content (AvgIpc) is 3.10. The highest BCUT2D eigenvalue weighted by molar-refractivity contribution is 7.90. The number of nitrogens with one attached hydrogen (secondary N) is 1. The van der Waals surface area contributed by atoms with Gasteiger partial charge >= 0.3 is 0 Å². The molecule has 3 aromatic carbocycles. The van der Waals surface area contributed by atoms with Crippen LogP contribution >= 0.6 is 0 Å². The van der Waals surface area contributed by atoms with Crippen LogP contribution in [0, 0.1) is 0 Å². The molecular formula is C22H18N2O3S. The number of sulfone groups is 1. The summed E-state index contributed by atoms with van der Waals surface area (Å²) in [5.74, 6) is 0.680. The van der Waals surface area contributed by atoms with Crippen LogP contribution in [0.5, 0.6) is 0 Å². The summed E-state index contributed by atoms with van der Waals surface area (Å²) in [4.78, 5) is 8.15. The third kappa shape index (κ3) is 3.30. The summed E-state index contributed by atoms with van der Waals surface area (Å²) in [6.45, 7) is 3.63. The van der Waals surface area contributed by atoms with E-state index in [0.717, 1.165) is 27.7 Å². The fraction of sp³-hybridized carbons (Fsp3) is 0.0455. The smallest absolute Gasteiger partial charge is 0.175 e. The molecule has 0 saturated carbocycles. The Labute approximate surface area is 162 Å². The van der Waals surface area contributed by atoms with Crippen molar-refractivity contribution in [2.45, 2.75) is 4.90 Å². The molecule has 0 aliphatic rings. The number of hydrogen-bond donors (Lipinski definition) is 2. The monoisotopic (exact) mass is 390 g/mol. The standard InChI is InChI=1S/C22H18N2O3S/c1-14(25)18-5-3-4-6-19(18)16-9-12-20-21(13-16)24-22(23-20)15-7-10-17(11-8-15)28(2,26)27/h3-13,25H,1H2,2H3,(H,23,24). The molecule has 0 unspecified atom stereocenters. The predicted molar refractivity (Wildman–Crippen MR) is 112 cm³/mol. The molecule has 1 heterocycles. The number of aliphatic hydroxyl groups is 1. The first-order valence-corrected chi connectivity index (χ1v) is 10.5. The summed E-state index contributed by atoms with van der Waals surface area (Å²) in [5, 5.41) is 9.85. The molecule has 0 bridgehead atoms. The highest BCUT2D eigenvalue weighted by atomic mass is 32.2. The quantitative estimate of drug-likeness (QED) is 0.489. The fourth-order valence-electron chi connectivity index (χ4n) is 3.16. The van der Waals surface area contributed by atoms with Crippen LogP contribution < -0.4 is 0 Å². The highest BCUT2D eigenvalue weighted by Crippen LogP contribution is 2.30. The normalized spacial score (nSPS) is 11.6. The zero-order valence-electron chi connectivity index (χ0n) is 15.2. The van der Waals surface area contributed by atoms with Crippen LogP contribution in [0.15, 0.2) is 78.2 Å². The molecular weight excluding hydrogens is 372 g/mol. The second-order valence-corrected chi connectivity index (χ2v) is 8.62. The Bertz CT molecular complexity index is 1300. The second kappa shape index (κ2) is 6.65. The summed E-state index contributed by atoms with van der Waals surface area (Å²) in [7, 11) is -3.23. The molecule has 0 fully saturated rings. The number of hydrogen-bond acceptors (Lipinski definition) is 4. The molecule has 5 nitrogen and oxygen atoms in total. The molecule has 0 aliphatic heterocycles. The van der Waals surface area contributed by atoms with Crippen LogP contribution in [-0.2, 0) is 9.84 Å². The number of aromatic amines is 1. The number of aliphatic hydroxyl groups excluding tert-OH is 1. The van der Waals surface area contributed by atoms with Gasteiger partial charge in [0.15, 0.2) is 9.84 Å². The topological polar surface area (TPSA) is 83.1 Å². The number of imidazole rings is 1. The Hall–Kier alpha value is -3.38. The molecule has 6 heteroatoms. The molecule has 0 amide bonds. The van der Waals surface area contributed by atoms with Crippen molar-refractivity contribution < 1.29 is 13.5 Å². The van der Waals surface area contributed by atoms with Gasteiger partial charge in [-0.2, -0.15) is 0 Å². The number of fused-ring (bicyclic) bond motifs is 1. The van der Waals surface area contributed by atoms with Crippen molar-refractivity contribution in [3.8, 4) is 22.5 Å². The van der Waals surface area contributed by atoms with Crippen molar-refractivity contribution in [2.75, 3.05) is 6.26 Å². The third-order valence-electron chi connectivity index (χ3n) is 4.59. The maximum absolute atomic E-state index is 11.6. The van der Waals surface area contributed by atoms with Crippen molar-refractivity contribution >= 4 is 26.6 Å². The minimum atomic E-state index is -3.23. The van der Waals surface area contributed by atoms with Crippen LogP contribution in [0.2, 0.25) is 0 Å². The van der Waals surface area contributed by atoms with Crippen LogP contribution in [0.25, 0.3) is 39.3 Å². The summed E-state index contributed by atoms with van der Waals surface area (Å²) in [5.41, 5.74) is 4.93. The van der Waals surface area contributed by atoms with E-state index in [4.69, 9.17) is 0 Å². The lowest BCUT2D eigenvalue weighted by atomic mass is 9.98. The van der Waals surface area contributed by atoms with E-state index in [0.29, 0.717) is 11.4 Å². The van der Waals surface area contributed by atoms with Gasteiger partial charge in [-0.1, -0.05) is 36.9 Å². The average molecular weight is 390 g/mol. The number of rotatable bonds is 4. The maximum Gasteiger partial charge on any atom is 0.175 e. The SMILES string of the molecule is C=C(O)c1ccccc1-c1ccc2nc(-c3ccc(S(C)(=O)=O)cc3)[nH]c2c1. The number of benzene rings is 3.